The fourth-order valence-electron chi connectivity index (χ4n) is 0. The maximum absolute atomic E-state index is 0. The molecule has 0 unspecified atom stereocenters. The first-order valence-electron chi connectivity index (χ1n) is 0. The van der Waals surface area contributed by atoms with Crippen LogP contribution >= 0.6 is 0 Å². The van der Waals surface area contributed by atoms with Crippen molar-refractivity contribution in [2.24, 2.45) is 0 Å². The Hall–Kier alpha value is 3.25. The second kappa shape index (κ2) is 16.3. The minimum Gasteiger partial charge on any atom is 0 e. The van der Waals surface area contributed by atoms with Gasteiger partial charge in [0.05, 0.1) is 0 Å². The van der Waals surface area contributed by atoms with Gasteiger partial charge >= 0.3 is 78.4 Å². The van der Waals surface area contributed by atoms with E-state index in [4.69, 9.17) is 0 Å². The molecule has 0 amide bonds. The van der Waals surface area contributed by atoms with Gasteiger partial charge in [0.15, 0.2) is 0 Å². The molecule has 18 valence electrons. The second-order valence-electron chi connectivity index (χ2n) is 0. The molecular weight excluding hydrogens is 224 g/mol. The Kier molecular flexibility index (Phi) is 109. The zero-order valence-corrected chi connectivity index (χ0v) is 2.56. The topological polar surface area (TPSA) is 31.5 Å². The van der Waals surface area contributed by atoms with Crippen molar-refractivity contribution in [2.45, 2.75) is 0 Å². The van der Waals surface area contributed by atoms with Crippen LogP contribution in [0.25, 0.3) is 0 Å². The normalized spacial score (nSPS) is 0. The van der Waals surface area contributed by atoms with E-state index < -0.39 is 0 Å². The largest absolute Gasteiger partial charge is 0 e. The van der Waals surface area contributed by atoms with Gasteiger partial charge < -0.3 is 5.48 Å². The molecule has 0 aliphatic carbocycles. The molecule has 4 heavy (non-hydrogen) atoms. The van der Waals surface area contributed by atoms with Gasteiger partial charge in [-0.15, -0.1) is 0 Å². The van der Waals surface area contributed by atoms with Crippen molar-refractivity contribution in [3.63, 3.8) is 0 Å². The van der Waals surface area contributed by atoms with Gasteiger partial charge in [-0.05, 0) is 0 Å². The molecule has 0 fully saturated rings. The Bertz CT molecular complexity index is 8.00. The summed E-state index contributed by atoms with van der Waals surface area (Å²) in [6, 6.07) is 0. The first kappa shape index (κ1) is 26.8. The Morgan fingerprint density at radius 3 is 1.00 bits per heavy atom. The molecule has 4 heteroatoms. The smallest absolute Gasteiger partial charge is 0 e. The molecule has 0 radical (unpaired) electrons. The number of hydrogen-bond donors (Lipinski definition) is 0. The van der Waals surface area contributed by atoms with Gasteiger partial charge in [-0.25, -0.2) is 0 Å². The average Bonchev–Trinajstić information content (AvgIpc) is 0. The summed E-state index contributed by atoms with van der Waals surface area (Å²) in [6.07, 6.45) is 0. The Morgan fingerprint density at radius 2 is 1.00 bits per heavy atom. The molecule has 0 saturated carbocycles. The van der Waals surface area contributed by atoms with Gasteiger partial charge in [0.25, 0.3) is 0 Å². The quantitative estimate of drug-likeness (QED) is 0.415. The molecule has 0 aromatic rings. The van der Waals surface area contributed by atoms with Crippen LogP contribution in [-0.2, 0) is 21.7 Å². The van der Waals surface area contributed by atoms with Crippen molar-refractivity contribution in [2.75, 3.05) is 0 Å². The van der Waals surface area contributed by atoms with Crippen LogP contribution in [0.3, 0.4) is 0 Å². The predicted octanol–water partition coefficient (Wildman–Crippen LogP) is -2.39. The van der Waals surface area contributed by atoms with E-state index in [1.54, 1.807) is 0 Å². The van der Waals surface area contributed by atoms with Crippen molar-refractivity contribution < 1.29 is 27.2 Å². The van der Waals surface area contributed by atoms with Crippen molar-refractivity contribution in [3.05, 3.63) is 0 Å². The summed E-state index contributed by atoms with van der Waals surface area (Å²) in [5, 5.41) is 0. The molecule has 0 saturated heterocycles. The van der Waals surface area contributed by atoms with Crippen molar-refractivity contribution >= 4 is 78.4 Å². The van der Waals surface area contributed by atoms with E-state index in [0.29, 0.717) is 0 Å². The average molecular weight is 229 g/mol. The first-order valence-corrected chi connectivity index (χ1v) is 0. The third-order valence-electron chi connectivity index (χ3n) is 0. The van der Waals surface area contributed by atoms with Crippen LogP contribution in [0.4, 0.5) is 0 Å². The second-order valence-corrected chi connectivity index (χ2v) is 0. The Balaban J connectivity index is 0. The zero-order chi connectivity index (χ0) is 0. The maximum Gasteiger partial charge on any atom is 0 e. The van der Waals surface area contributed by atoms with Crippen LogP contribution in [-0.4, -0.2) is 83.9 Å². The minimum absolute atomic E-state index is 0. The molecule has 0 aromatic heterocycles. The third kappa shape index (κ3) is 8.98. The molecule has 0 aliphatic rings. The van der Waals surface area contributed by atoms with E-state index in [-0.39, 0.29) is 106 Å². The summed E-state index contributed by atoms with van der Waals surface area (Å²) in [4.78, 5) is 0. The molecule has 1 nitrogen and oxygen atoms in total. The Morgan fingerprint density at radius 1 is 1.00 bits per heavy atom. The van der Waals surface area contributed by atoms with Crippen molar-refractivity contribution in [1.29, 1.82) is 0 Å². The Labute approximate surface area is 103 Å². The first-order chi connectivity index (χ1) is 0. The summed E-state index contributed by atoms with van der Waals surface area (Å²) in [6.45, 7) is 0. The van der Waals surface area contributed by atoms with E-state index in [1.807, 2.05) is 0 Å². The fraction of sp³-hybridized carbons (Fsp3) is 0. The summed E-state index contributed by atoms with van der Waals surface area (Å²) in [5.41, 5.74) is 0. The molecule has 0 spiro atoms. The van der Waals surface area contributed by atoms with E-state index in [0.717, 1.165) is 0 Å². The summed E-state index contributed by atoms with van der Waals surface area (Å²) < 4.78 is 0. The monoisotopic (exact) mass is 230 g/mol. The third-order valence-corrected chi connectivity index (χ3v) is 0. The molecule has 0 aromatic carbocycles. The molecule has 0 heterocycles. The van der Waals surface area contributed by atoms with Gasteiger partial charge in [-0.1, -0.05) is 0 Å². The summed E-state index contributed by atoms with van der Waals surface area (Å²) in [7, 11) is 0. The SMILES string of the molecule is O.[BaH2].[NaH].[Ti]. The van der Waals surface area contributed by atoms with E-state index in [2.05, 4.69) is 0 Å². The molecule has 0 aliphatic heterocycles. The van der Waals surface area contributed by atoms with Crippen molar-refractivity contribution in [3.8, 4) is 0 Å². The van der Waals surface area contributed by atoms with Gasteiger partial charge in [0, 0.05) is 21.7 Å². The van der Waals surface area contributed by atoms with E-state index >= 15 is 0 Å². The standard InChI is InChI=1S/Ba.Na.H2O.Ti.3H/h;;1H2;;;;. The van der Waals surface area contributed by atoms with Gasteiger partial charge in [0.2, 0.25) is 0 Å². The predicted molar refractivity (Wildman–Crippen MR) is 19.3 cm³/mol. The summed E-state index contributed by atoms with van der Waals surface area (Å²) >= 11 is 0. The van der Waals surface area contributed by atoms with Gasteiger partial charge in [-0.2, -0.15) is 0 Å². The van der Waals surface area contributed by atoms with Crippen LogP contribution in [0, 0.1) is 0 Å². The molecular formula is H5BaNaOTi. The maximum atomic E-state index is 0. The van der Waals surface area contributed by atoms with Crippen LogP contribution in [0.2, 0.25) is 0 Å². The van der Waals surface area contributed by atoms with Gasteiger partial charge in [0.1, 0.15) is 0 Å². The van der Waals surface area contributed by atoms with Crippen LogP contribution in [0.1, 0.15) is 0 Å². The van der Waals surface area contributed by atoms with Crippen molar-refractivity contribution in [1.82, 2.24) is 0 Å². The molecule has 0 bridgehead atoms. The number of hydrogen-bond acceptors (Lipinski definition) is 0. The molecule has 0 atom stereocenters. The number of rotatable bonds is 0. The zero-order valence-electron chi connectivity index (χ0n) is 1.00. The summed E-state index contributed by atoms with van der Waals surface area (Å²) in [5.74, 6) is 0. The van der Waals surface area contributed by atoms with Gasteiger partial charge in [-0.3, -0.25) is 0 Å². The molecule has 2 N–H and O–H groups in total. The minimum atomic E-state index is 0. The van der Waals surface area contributed by atoms with E-state index in [1.165, 1.54) is 0 Å². The molecule has 0 rings (SSSR count). The van der Waals surface area contributed by atoms with E-state index in [9.17, 15) is 0 Å². The van der Waals surface area contributed by atoms with Crippen LogP contribution in [0.5, 0.6) is 0 Å². The van der Waals surface area contributed by atoms with Crippen LogP contribution in [0.15, 0.2) is 0 Å². The van der Waals surface area contributed by atoms with Crippen LogP contribution < -0.4 is 0 Å². The fourth-order valence-corrected chi connectivity index (χ4v) is 0.